The summed E-state index contributed by atoms with van der Waals surface area (Å²) in [4.78, 5) is 12.7. The Morgan fingerprint density at radius 3 is 2.55 bits per heavy atom. The minimum atomic E-state index is -0.360. The summed E-state index contributed by atoms with van der Waals surface area (Å²) in [5, 5.41) is 14.1. The standard InChI is InChI=1S/C13H17N3O2.2ClH/c1-2-13(15-8-6-14-7-9-15)11-4-3-5-12(10-11)16(17)18;;/h2-5,10,13-14H,1,6-9H2;2*1H/t13-;;/m1../s1. The molecule has 1 N–H and O–H groups in total. The lowest BCUT2D eigenvalue weighted by Crippen LogP contribution is -2.44. The highest BCUT2D eigenvalue weighted by Gasteiger charge is 2.20. The zero-order chi connectivity index (χ0) is 13.0. The van der Waals surface area contributed by atoms with Crippen molar-refractivity contribution < 1.29 is 4.92 Å². The van der Waals surface area contributed by atoms with Gasteiger partial charge < -0.3 is 5.32 Å². The lowest BCUT2D eigenvalue weighted by Gasteiger charge is -2.33. The molecule has 1 heterocycles. The molecular formula is C13H19Cl2N3O2. The van der Waals surface area contributed by atoms with Crippen LogP contribution in [-0.4, -0.2) is 36.0 Å². The van der Waals surface area contributed by atoms with E-state index in [2.05, 4.69) is 16.8 Å². The van der Waals surface area contributed by atoms with Gasteiger partial charge in [0.2, 0.25) is 0 Å². The van der Waals surface area contributed by atoms with Crippen molar-refractivity contribution in [1.82, 2.24) is 10.2 Å². The van der Waals surface area contributed by atoms with Crippen LogP contribution in [0.15, 0.2) is 36.9 Å². The normalized spacial score (nSPS) is 16.4. The highest BCUT2D eigenvalue weighted by molar-refractivity contribution is 5.85. The fourth-order valence-electron chi connectivity index (χ4n) is 2.28. The number of nitro benzene ring substituents is 1. The molecule has 1 aliphatic rings. The number of nitro groups is 1. The topological polar surface area (TPSA) is 58.4 Å². The van der Waals surface area contributed by atoms with Gasteiger partial charge in [0, 0.05) is 38.3 Å². The monoisotopic (exact) mass is 319 g/mol. The Bertz CT molecular complexity index is 451. The molecule has 5 nitrogen and oxygen atoms in total. The van der Waals surface area contributed by atoms with Crippen LogP contribution in [0.3, 0.4) is 0 Å². The van der Waals surface area contributed by atoms with Crippen LogP contribution in [0.25, 0.3) is 0 Å². The van der Waals surface area contributed by atoms with Crippen molar-refractivity contribution in [2.75, 3.05) is 26.2 Å². The molecule has 0 radical (unpaired) electrons. The van der Waals surface area contributed by atoms with Gasteiger partial charge in [0.15, 0.2) is 0 Å². The van der Waals surface area contributed by atoms with E-state index in [9.17, 15) is 10.1 Å². The first-order valence-electron chi connectivity index (χ1n) is 6.04. The zero-order valence-electron chi connectivity index (χ0n) is 11.0. The van der Waals surface area contributed by atoms with Crippen molar-refractivity contribution in [3.8, 4) is 0 Å². The van der Waals surface area contributed by atoms with Gasteiger partial charge in [-0.25, -0.2) is 0 Å². The predicted octanol–water partition coefficient (Wildman–Crippen LogP) is 2.57. The molecule has 0 spiro atoms. The lowest BCUT2D eigenvalue weighted by molar-refractivity contribution is -0.384. The molecule has 0 bridgehead atoms. The first-order valence-corrected chi connectivity index (χ1v) is 6.04. The SMILES string of the molecule is C=C[C@H](c1cccc([N+](=O)[O-])c1)N1CCNCC1.Cl.Cl. The summed E-state index contributed by atoms with van der Waals surface area (Å²) in [6, 6.07) is 6.84. The predicted molar refractivity (Wildman–Crippen MR) is 85.0 cm³/mol. The van der Waals surface area contributed by atoms with E-state index < -0.39 is 0 Å². The summed E-state index contributed by atoms with van der Waals surface area (Å²) >= 11 is 0. The second-order valence-corrected chi connectivity index (χ2v) is 4.32. The molecule has 1 fully saturated rings. The van der Waals surface area contributed by atoms with Gasteiger partial charge in [0.05, 0.1) is 11.0 Å². The quantitative estimate of drug-likeness (QED) is 0.526. The van der Waals surface area contributed by atoms with Gasteiger partial charge in [-0.15, -0.1) is 31.4 Å². The van der Waals surface area contributed by atoms with Crippen LogP contribution in [0, 0.1) is 10.1 Å². The van der Waals surface area contributed by atoms with E-state index in [0.717, 1.165) is 31.7 Å². The highest BCUT2D eigenvalue weighted by Crippen LogP contribution is 2.25. The Morgan fingerprint density at radius 2 is 2.00 bits per heavy atom. The average Bonchev–Trinajstić information content (AvgIpc) is 2.41. The summed E-state index contributed by atoms with van der Waals surface area (Å²) in [6.07, 6.45) is 1.85. The number of rotatable bonds is 4. The number of halogens is 2. The number of hydrogen-bond donors (Lipinski definition) is 1. The van der Waals surface area contributed by atoms with Crippen LogP contribution < -0.4 is 5.32 Å². The van der Waals surface area contributed by atoms with E-state index in [1.807, 2.05) is 12.1 Å². The van der Waals surface area contributed by atoms with Gasteiger partial charge >= 0.3 is 0 Å². The molecular weight excluding hydrogens is 301 g/mol. The molecule has 0 amide bonds. The smallest absolute Gasteiger partial charge is 0.269 e. The maximum absolute atomic E-state index is 10.8. The van der Waals surface area contributed by atoms with Crippen molar-refractivity contribution in [3.63, 3.8) is 0 Å². The molecule has 1 aromatic rings. The second kappa shape index (κ2) is 8.92. The molecule has 0 unspecified atom stereocenters. The van der Waals surface area contributed by atoms with E-state index in [0.29, 0.717) is 0 Å². The van der Waals surface area contributed by atoms with Crippen LogP contribution in [0.4, 0.5) is 5.69 Å². The maximum atomic E-state index is 10.8. The van der Waals surface area contributed by atoms with E-state index in [-0.39, 0.29) is 41.5 Å². The minimum Gasteiger partial charge on any atom is -0.314 e. The lowest BCUT2D eigenvalue weighted by atomic mass is 10.0. The van der Waals surface area contributed by atoms with Gasteiger partial charge in [0.1, 0.15) is 0 Å². The van der Waals surface area contributed by atoms with Crippen LogP contribution in [0.2, 0.25) is 0 Å². The van der Waals surface area contributed by atoms with Crippen LogP contribution in [0.5, 0.6) is 0 Å². The number of nitrogens with one attached hydrogen (secondary N) is 1. The first-order chi connectivity index (χ1) is 8.72. The van der Waals surface area contributed by atoms with Crippen molar-refractivity contribution in [1.29, 1.82) is 0 Å². The Hall–Kier alpha value is -1.14. The molecule has 1 saturated heterocycles. The molecule has 0 aromatic heterocycles. The van der Waals surface area contributed by atoms with Crippen LogP contribution in [0.1, 0.15) is 11.6 Å². The third-order valence-corrected chi connectivity index (χ3v) is 3.19. The maximum Gasteiger partial charge on any atom is 0.269 e. The van der Waals surface area contributed by atoms with E-state index in [1.54, 1.807) is 12.1 Å². The summed E-state index contributed by atoms with van der Waals surface area (Å²) in [6.45, 7) is 7.60. The summed E-state index contributed by atoms with van der Waals surface area (Å²) in [5.41, 5.74) is 1.07. The average molecular weight is 320 g/mol. The number of nitrogens with zero attached hydrogens (tertiary/aromatic N) is 2. The summed E-state index contributed by atoms with van der Waals surface area (Å²) in [5.74, 6) is 0. The molecule has 0 saturated carbocycles. The van der Waals surface area contributed by atoms with Crippen molar-refractivity contribution in [3.05, 3.63) is 52.6 Å². The Labute approximate surface area is 131 Å². The van der Waals surface area contributed by atoms with E-state index in [1.165, 1.54) is 6.07 Å². The number of benzene rings is 1. The fraction of sp³-hybridized carbons (Fsp3) is 0.385. The van der Waals surface area contributed by atoms with E-state index in [4.69, 9.17) is 0 Å². The van der Waals surface area contributed by atoms with E-state index >= 15 is 0 Å². The fourth-order valence-corrected chi connectivity index (χ4v) is 2.28. The number of non-ortho nitro benzene ring substituents is 1. The van der Waals surface area contributed by atoms with Gasteiger partial charge in [-0.1, -0.05) is 18.2 Å². The highest BCUT2D eigenvalue weighted by atomic mass is 35.5. The Kier molecular flexibility index (Phi) is 8.41. The first kappa shape index (κ1) is 18.9. The Balaban J connectivity index is 0.00000180. The van der Waals surface area contributed by atoms with Gasteiger partial charge in [-0.3, -0.25) is 15.0 Å². The van der Waals surface area contributed by atoms with Gasteiger partial charge in [-0.2, -0.15) is 0 Å². The number of piperazine rings is 1. The molecule has 7 heteroatoms. The number of hydrogen-bond acceptors (Lipinski definition) is 4. The molecule has 1 atom stereocenters. The van der Waals surface area contributed by atoms with Gasteiger partial charge in [0.25, 0.3) is 5.69 Å². The van der Waals surface area contributed by atoms with Gasteiger partial charge in [-0.05, 0) is 5.56 Å². The van der Waals surface area contributed by atoms with Crippen molar-refractivity contribution >= 4 is 30.5 Å². The van der Waals surface area contributed by atoms with Crippen LogP contribution >= 0.6 is 24.8 Å². The summed E-state index contributed by atoms with van der Waals surface area (Å²) < 4.78 is 0. The summed E-state index contributed by atoms with van der Waals surface area (Å²) in [7, 11) is 0. The third-order valence-electron chi connectivity index (χ3n) is 3.19. The van der Waals surface area contributed by atoms with Crippen LogP contribution in [-0.2, 0) is 0 Å². The second-order valence-electron chi connectivity index (χ2n) is 4.32. The molecule has 1 aliphatic heterocycles. The molecule has 112 valence electrons. The largest absolute Gasteiger partial charge is 0.314 e. The molecule has 0 aliphatic carbocycles. The molecule has 20 heavy (non-hydrogen) atoms. The molecule has 2 rings (SSSR count). The Morgan fingerprint density at radius 1 is 1.35 bits per heavy atom. The molecule has 1 aromatic carbocycles. The van der Waals surface area contributed by atoms with Crippen molar-refractivity contribution in [2.45, 2.75) is 6.04 Å². The minimum absolute atomic E-state index is 0. The van der Waals surface area contributed by atoms with Crippen molar-refractivity contribution in [2.24, 2.45) is 0 Å². The zero-order valence-corrected chi connectivity index (χ0v) is 12.7. The third kappa shape index (κ3) is 4.45.